The van der Waals surface area contributed by atoms with Crippen LogP contribution < -0.4 is 10.1 Å². The number of phenolic OH excluding ortho intramolecular Hbond substituents is 1. The highest BCUT2D eigenvalue weighted by Crippen LogP contribution is 2.24. The van der Waals surface area contributed by atoms with Crippen molar-refractivity contribution in [3.05, 3.63) is 23.8 Å². The quantitative estimate of drug-likeness (QED) is 0.827. The normalized spacial score (nSPS) is 17.7. The van der Waals surface area contributed by atoms with Gasteiger partial charge in [0.1, 0.15) is 11.5 Å². The van der Waals surface area contributed by atoms with Crippen molar-refractivity contribution in [2.75, 3.05) is 33.3 Å². The van der Waals surface area contributed by atoms with Crippen LogP contribution in [0, 0.1) is 0 Å². The van der Waals surface area contributed by atoms with Gasteiger partial charge in [-0.2, -0.15) is 0 Å². The van der Waals surface area contributed by atoms with E-state index in [1.165, 1.54) is 0 Å². The van der Waals surface area contributed by atoms with Crippen molar-refractivity contribution >= 4 is 0 Å². The zero-order valence-corrected chi connectivity index (χ0v) is 10.3. The zero-order valence-electron chi connectivity index (χ0n) is 10.3. The third-order valence-corrected chi connectivity index (χ3v) is 3.11. The van der Waals surface area contributed by atoms with Crippen molar-refractivity contribution in [1.82, 2.24) is 10.2 Å². The maximum absolute atomic E-state index is 9.83. The molecule has 0 aromatic heterocycles. The molecule has 1 aliphatic heterocycles. The van der Waals surface area contributed by atoms with Gasteiger partial charge < -0.3 is 15.2 Å². The lowest BCUT2D eigenvalue weighted by Gasteiger charge is -2.20. The highest BCUT2D eigenvalue weighted by molar-refractivity contribution is 5.39. The van der Waals surface area contributed by atoms with E-state index in [9.17, 15) is 5.11 Å². The molecule has 0 spiro atoms. The lowest BCUT2D eigenvalue weighted by Crippen LogP contribution is -2.27. The van der Waals surface area contributed by atoms with Crippen LogP contribution in [0.4, 0.5) is 0 Å². The molecule has 1 aromatic carbocycles. The van der Waals surface area contributed by atoms with E-state index in [0.29, 0.717) is 5.75 Å². The summed E-state index contributed by atoms with van der Waals surface area (Å²) in [5, 5.41) is 13.2. The van der Waals surface area contributed by atoms with Crippen molar-refractivity contribution in [3.8, 4) is 11.5 Å². The van der Waals surface area contributed by atoms with Crippen LogP contribution in [0.1, 0.15) is 12.0 Å². The van der Waals surface area contributed by atoms with Gasteiger partial charge in [0.2, 0.25) is 0 Å². The maximum Gasteiger partial charge on any atom is 0.120 e. The maximum atomic E-state index is 9.83. The highest BCUT2D eigenvalue weighted by atomic mass is 16.5. The molecule has 4 nitrogen and oxygen atoms in total. The summed E-state index contributed by atoms with van der Waals surface area (Å²) in [4.78, 5) is 2.36. The van der Waals surface area contributed by atoms with E-state index in [1.54, 1.807) is 19.2 Å². The van der Waals surface area contributed by atoms with Crippen LogP contribution in [0.3, 0.4) is 0 Å². The van der Waals surface area contributed by atoms with Crippen LogP contribution in [0.25, 0.3) is 0 Å². The molecule has 1 aromatic rings. The monoisotopic (exact) mass is 236 g/mol. The molecule has 1 fully saturated rings. The number of hydrogen-bond acceptors (Lipinski definition) is 4. The first kappa shape index (κ1) is 12.2. The summed E-state index contributed by atoms with van der Waals surface area (Å²) in [6.07, 6.45) is 1.16. The zero-order chi connectivity index (χ0) is 12.1. The second-order valence-corrected chi connectivity index (χ2v) is 4.37. The van der Waals surface area contributed by atoms with Gasteiger partial charge in [-0.15, -0.1) is 0 Å². The highest BCUT2D eigenvalue weighted by Gasteiger charge is 2.11. The summed E-state index contributed by atoms with van der Waals surface area (Å²) in [5.74, 6) is 1.15. The molecule has 0 aliphatic carbocycles. The fraction of sp³-hybridized carbons (Fsp3) is 0.538. The molecule has 0 radical (unpaired) electrons. The second-order valence-electron chi connectivity index (χ2n) is 4.37. The summed E-state index contributed by atoms with van der Waals surface area (Å²) >= 11 is 0. The first-order valence-electron chi connectivity index (χ1n) is 6.08. The summed E-state index contributed by atoms with van der Waals surface area (Å²) in [7, 11) is 1.64. The largest absolute Gasteiger partial charge is 0.508 e. The van der Waals surface area contributed by atoms with Crippen molar-refractivity contribution < 1.29 is 9.84 Å². The number of nitrogens with one attached hydrogen (secondary N) is 1. The summed E-state index contributed by atoms with van der Waals surface area (Å²) < 4.78 is 5.18. The van der Waals surface area contributed by atoms with Gasteiger partial charge >= 0.3 is 0 Å². The molecule has 17 heavy (non-hydrogen) atoms. The minimum absolute atomic E-state index is 0.350. The van der Waals surface area contributed by atoms with Crippen LogP contribution in [0.15, 0.2) is 18.2 Å². The van der Waals surface area contributed by atoms with Gasteiger partial charge in [0.25, 0.3) is 0 Å². The van der Waals surface area contributed by atoms with E-state index in [2.05, 4.69) is 10.2 Å². The summed E-state index contributed by atoms with van der Waals surface area (Å²) in [6.45, 7) is 4.98. The number of hydrogen-bond donors (Lipinski definition) is 2. The number of rotatable bonds is 3. The molecule has 0 amide bonds. The van der Waals surface area contributed by atoms with Crippen LogP contribution in [-0.4, -0.2) is 43.3 Å². The fourth-order valence-corrected chi connectivity index (χ4v) is 2.12. The Morgan fingerprint density at radius 1 is 1.35 bits per heavy atom. The van der Waals surface area contributed by atoms with Gasteiger partial charge in [0.15, 0.2) is 0 Å². The molecule has 2 N–H and O–H groups in total. The molecule has 1 saturated heterocycles. The summed E-state index contributed by atoms with van der Waals surface area (Å²) in [6, 6.07) is 5.39. The molecule has 0 bridgehead atoms. The number of benzene rings is 1. The van der Waals surface area contributed by atoms with Crippen molar-refractivity contribution in [1.29, 1.82) is 0 Å². The Labute approximate surface area is 102 Å². The van der Waals surface area contributed by atoms with Gasteiger partial charge in [0.05, 0.1) is 7.11 Å². The lowest BCUT2D eigenvalue weighted by atomic mass is 10.1. The average Bonchev–Trinajstić information content (AvgIpc) is 2.60. The second kappa shape index (κ2) is 5.89. The smallest absolute Gasteiger partial charge is 0.120 e. The molecule has 0 saturated carbocycles. The van der Waals surface area contributed by atoms with Crippen LogP contribution in [0.2, 0.25) is 0 Å². The number of methoxy groups -OCH3 is 1. The number of phenols is 1. The molecule has 4 heteroatoms. The predicted octanol–water partition coefficient (Wildman–Crippen LogP) is 1.20. The van der Waals surface area contributed by atoms with E-state index < -0.39 is 0 Å². The Morgan fingerprint density at radius 3 is 3.06 bits per heavy atom. The van der Waals surface area contributed by atoms with Crippen molar-refractivity contribution in [3.63, 3.8) is 0 Å². The predicted molar refractivity (Wildman–Crippen MR) is 67.4 cm³/mol. The van der Waals surface area contributed by atoms with E-state index in [0.717, 1.165) is 50.5 Å². The standard InChI is InChI=1S/C13H20N2O2/c1-17-12-3-4-13(16)11(9-12)10-15-7-2-5-14-6-8-15/h3-4,9,14,16H,2,5-8,10H2,1H3. The van der Waals surface area contributed by atoms with Crippen molar-refractivity contribution in [2.24, 2.45) is 0 Å². The molecule has 1 aliphatic rings. The minimum Gasteiger partial charge on any atom is -0.508 e. The average molecular weight is 236 g/mol. The summed E-state index contributed by atoms with van der Waals surface area (Å²) in [5.41, 5.74) is 0.936. The Kier molecular flexibility index (Phi) is 4.23. The lowest BCUT2D eigenvalue weighted by molar-refractivity contribution is 0.279. The molecular formula is C13H20N2O2. The number of ether oxygens (including phenoxy) is 1. The molecule has 0 unspecified atom stereocenters. The van der Waals surface area contributed by atoms with Gasteiger partial charge in [-0.25, -0.2) is 0 Å². The van der Waals surface area contributed by atoms with E-state index in [-0.39, 0.29) is 0 Å². The van der Waals surface area contributed by atoms with Gasteiger partial charge in [-0.3, -0.25) is 4.90 Å². The molecule has 0 atom stereocenters. The van der Waals surface area contributed by atoms with E-state index >= 15 is 0 Å². The third-order valence-electron chi connectivity index (χ3n) is 3.11. The van der Waals surface area contributed by atoms with Gasteiger partial charge in [0, 0.05) is 25.2 Å². The van der Waals surface area contributed by atoms with Gasteiger partial charge in [-0.1, -0.05) is 0 Å². The number of aromatic hydroxyl groups is 1. The Bertz CT molecular complexity index is 360. The van der Waals surface area contributed by atoms with E-state index in [1.807, 2.05) is 6.07 Å². The van der Waals surface area contributed by atoms with Crippen LogP contribution in [-0.2, 0) is 6.54 Å². The molecule has 94 valence electrons. The van der Waals surface area contributed by atoms with Gasteiger partial charge in [-0.05, 0) is 37.7 Å². The topological polar surface area (TPSA) is 44.7 Å². The first-order chi connectivity index (χ1) is 8.29. The fourth-order valence-electron chi connectivity index (χ4n) is 2.12. The van der Waals surface area contributed by atoms with E-state index in [4.69, 9.17) is 4.74 Å². The SMILES string of the molecule is COc1ccc(O)c(CN2CCCNCC2)c1. The Balaban J connectivity index is 2.05. The molecule has 2 rings (SSSR count). The minimum atomic E-state index is 0.350. The number of nitrogens with zero attached hydrogens (tertiary/aromatic N) is 1. The Morgan fingerprint density at radius 2 is 2.24 bits per heavy atom. The van der Waals surface area contributed by atoms with Crippen LogP contribution >= 0.6 is 0 Å². The first-order valence-corrected chi connectivity index (χ1v) is 6.08. The van der Waals surface area contributed by atoms with Crippen LogP contribution in [0.5, 0.6) is 11.5 Å². The van der Waals surface area contributed by atoms with Crippen molar-refractivity contribution in [2.45, 2.75) is 13.0 Å². The third kappa shape index (κ3) is 3.35. The molecule has 1 heterocycles. The Hall–Kier alpha value is -1.26. The molecular weight excluding hydrogens is 216 g/mol.